The van der Waals surface area contributed by atoms with Gasteiger partial charge in [-0.2, -0.15) is 0 Å². The van der Waals surface area contributed by atoms with Gasteiger partial charge in [-0.25, -0.2) is 9.78 Å². The number of hydrogen-bond donors (Lipinski definition) is 1. The molecule has 1 saturated carbocycles. The summed E-state index contributed by atoms with van der Waals surface area (Å²) in [5.41, 5.74) is 2.58. The van der Waals surface area contributed by atoms with Gasteiger partial charge in [-0.3, -0.25) is 0 Å². The van der Waals surface area contributed by atoms with Gasteiger partial charge in [-0.15, -0.1) is 0 Å². The molecule has 1 aliphatic rings. The van der Waals surface area contributed by atoms with Crippen molar-refractivity contribution < 1.29 is 9.53 Å². The van der Waals surface area contributed by atoms with E-state index < -0.39 is 5.60 Å². The molecule has 0 spiro atoms. The number of ether oxygens (including phenoxy) is 1. The maximum atomic E-state index is 13.1. The Morgan fingerprint density at radius 1 is 1.14 bits per heavy atom. The van der Waals surface area contributed by atoms with Crippen LogP contribution in [0.4, 0.5) is 10.5 Å². The molecule has 35 heavy (non-hydrogen) atoms. The van der Waals surface area contributed by atoms with Gasteiger partial charge in [0.2, 0.25) is 0 Å². The summed E-state index contributed by atoms with van der Waals surface area (Å²) in [5.74, 6) is 0. The lowest BCUT2D eigenvalue weighted by Crippen LogP contribution is -2.45. The Labute approximate surface area is 213 Å². The minimum absolute atomic E-state index is 0.137. The standard InChI is InChI=1S/C29H34ClN3O2/c1-5-21-18-31-27(30)24-12-9-13-25(26(21)24)32-22-14-16-23(17-15-22)33(28(34)35-29(2,3)4)19-20-10-7-6-8-11-20/h5-13,18,22-23,32H,1,14-17,19H2,2-4H3/t22-,23-. The highest BCUT2D eigenvalue weighted by Crippen LogP contribution is 2.34. The second-order valence-corrected chi connectivity index (χ2v) is 10.5. The first-order chi connectivity index (χ1) is 16.7. The van der Waals surface area contributed by atoms with Gasteiger partial charge in [0.25, 0.3) is 0 Å². The first kappa shape index (κ1) is 25.1. The maximum Gasteiger partial charge on any atom is 0.410 e. The summed E-state index contributed by atoms with van der Waals surface area (Å²) in [5, 5.41) is 6.19. The Bertz CT molecular complexity index is 1180. The molecule has 4 rings (SSSR count). The van der Waals surface area contributed by atoms with E-state index in [9.17, 15) is 4.79 Å². The Morgan fingerprint density at radius 3 is 2.51 bits per heavy atom. The van der Waals surface area contributed by atoms with Gasteiger partial charge in [-0.1, -0.05) is 66.7 Å². The van der Waals surface area contributed by atoms with E-state index in [1.54, 1.807) is 6.20 Å². The van der Waals surface area contributed by atoms with Crippen LogP contribution in [0.2, 0.25) is 5.15 Å². The van der Waals surface area contributed by atoms with E-state index in [0.29, 0.717) is 17.7 Å². The number of carbonyl (C=O) groups excluding carboxylic acids is 1. The van der Waals surface area contributed by atoms with Crippen molar-refractivity contribution in [3.05, 3.63) is 77.6 Å². The average molecular weight is 492 g/mol. The Kier molecular flexibility index (Phi) is 7.66. The number of fused-ring (bicyclic) bond motifs is 1. The molecule has 0 bridgehead atoms. The highest BCUT2D eigenvalue weighted by atomic mass is 35.5. The van der Waals surface area contributed by atoms with Gasteiger partial charge in [0.1, 0.15) is 10.8 Å². The molecule has 1 aliphatic carbocycles. The number of rotatable bonds is 6. The molecule has 0 radical (unpaired) electrons. The highest BCUT2D eigenvalue weighted by Gasteiger charge is 2.32. The number of nitrogens with zero attached hydrogens (tertiary/aromatic N) is 2. The van der Waals surface area contributed by atoms with Crippen LogP contribution < -0.4 is 5.32 Å². The van der Waals surface area contributed by atoms with Crippen LogP contribution in [-0.2, 0) is 11.3 Å². The quantitative estimate of drug-likeness (QED) is 0.359. The van der Waals surface area contributed by atoms with Gasteiger partial charge in [0.15, 0.2) is 0 Å². The fourth-order valence-electron chi connectivity index (χ4n) is 4.77. The second-order valence-electron chi connectivity index (χ2n) is 10.2. The molecule has 1 amide bonds. The minimum atomic E-state index is -0.530. The molecule has 0 atom stereocenters. The molecule has 0 saturated heterocycles. The zero-order valence-corrected chi connectivity index (χ0v) is 21.5. The number of benzene rings is 2. The van der Waals surface area contributed by atoms with Gasteiger partial charge in [0, 0.05) is 46.8 Å². The van der Waals surface area contributed by atoms with E-state index in [1.807, 2.05) is 62.1 Å². The lowest BCUT2D eigenvalue weighted by Gasteiger charge is -2.38. The normalized spacial score (nSPS) is 18.2. The predicted octanol–water partition coefficient (Wildman–Crippen LogP) is 7.69. The van der Waals surface area contributed by atoms with Crippen LogP contribution in [0.5, 0.6) is 0 Å². The van der Waals surface area contributed by atoms with Crippen LogP contribution in [0.15, 0.2) is 61.3 Å². The number of pyridine rings is 1. The van der Waals surface area contributed by atoms with Gasteiger partial charge in [-0.05, 0) is 58.1 Å². The number of anilines is 1. The monoisotopic (exact) mass is 491 g/mol. The Morgan fingerprint density at radius 2 is 1.86 bits per heavy atom. The molecule has 1 aromatic heterocycles. The lowest BCUT2D eigenvalue weighted by molar-refractivity contribution is 0.00952. The second kappa shape index (κ2) is 10.7. The van der Waals surface area contributed by atoms with E-state index in [4.69, 9.17) is 16.3 Å². The van der Waals surface area contributed by atoms with Crippen LogP contribution >= 0.6 is 11.6 Å². The summed E-state index contributed by atoms with van der Waals surface area (Å²) < 4.78 is 5.78. The van der Waals surface area contributed by atoms with Crippen LogP contribution in [0.1, 0.15) is 57.6 Å². The molecular formula is C29H34ClN3O2. The molecule has 0 unspecified atom stereocenters. The molecule has 6 heteroatoms. The average Bonchev–Trinajstić information content (AvgIpc) is 2.83. The van der Waals surface area contributed by atoms with Gasteiger partial charge < -0.3 is 15.0 Å². The third-order valence-electron chi connectivity index (χ3n) is 6.43. The summed E-state index contributed by atoms with van der Waals surface area (Å²) in [7, 11) is 0. The lowest BCUT2D eigenvalue weighted by atomic mass is 9.89. The number of aromatic nitrogens is 1. The summed E-state index contributed by atoms with van der Waals surface area (Å²) in [6, 6.07) is 16.6. The first-order valence-electron chi connectivity index (χ1n) is 12.2. The third kappa shape index (κ3) is 6.15. The van der Waals surface area contributed by atoms with Crippen LogP contribution in [0.25, 0.3) is 16.8 Å². The number of hydrogen-bond acceptors (Lipinski definition) is 4. The molecule has 184 valence electrons. The largest absolute Gasteiger partial charge is 0.444 e. The molecule has 2 aromatic carbocycles. The Hall–Kier alpha value is -3.05. The minimum Gasteiger partial charge on any atom is -0.444 e. The summed E-state index contributed by atoms with van der Waals surface area (Å²) in [6.07, 6.45) is 7.06. The summed E-state index contributed by atoms with van der Waals surface area (Å²) in [4.78, 5) is 19.3. The van der Waals surface area contributed by atoms with Crippen molar-refractivity contribution >= 4 is 40.2 Å². The van der Waals surface area contributed by atoms with E-state index in [-0.39, 0.29) is 12.1 Å². The van der Waals surface area contributed by atoms with Crippen LogP contribution in [0, 0.1) is 0 Å². The van der Waals surface area contributed by atoms with Crippen LogP contribution in [-0.4, -0.2) is 33.7 Å². The molecule has 0 aliphatic heterocycles. The van der Waals surface area contributed by atoms with Crippen LogP contribution in [0.3, 0.4) is 0 Å². The molecular weight excluding hydrogens is 458 g/mol. The molecule has 1 fully saturated rings. The van der Waals surface area contributed by atoms with E-state index in [2.05, 4.69) is 35.1 Å². The van der Waals surface area contributed by atoms with Gasteiger partial charge >= 0.3 is 6.09 Å². The smallest absolute Gasteiger partial charge is 0.410 e. The van der Waals surface area contributed by atoms with Crippen molar-refractivity contribution in [3.63, 3.8) is 0 Å². The van der Waals surface area contributed by atoms with E-state index >= 15 is 0 Å². The van der Waals surface area contributed by atoms with Crippen molar-refractivity contribution in [1.82, 2.24) is 9.88 Å². The first-order valence-corrected chi connectivity index (χ1v) is 12.6. The summed E-state index contributed by atoms with van der Waals surface area (Å²) in [6.45, 7) is 10.2. The molecule has 1 N–H and O–H groups in total. The fraction of sp³-hybridized carbons (Fsp3) is 0.379. The number of amides is 1. The van der Waals surface area contributed by atoms with Crippen molar-refractivity contribution in [3.8, 4) is 0 Å². The zero-order chi connectivity index (χ0) is 25.0. The summed E-state index contributed by atoms with van der Waals surface area (Å²) >= 11 is 6.37. The van der Waals surface area contributed by atoms with E-state index in [0.717, 1.165) is 53.3 Å². The number of nitrogens with one attached hydrogen (secondary N) is 1. The zero-order valence-electron chi connectivity index (χ0n) is 20.8. The molecule has 1 heterocycles. The molecule has 3 aromatic rings. The predicted molar refractivity (Wildman–Crippen MR) is 145 cm³/mol. The fourth-order valence-corrected chi connectivity index (χ4v) is 4.97. The van der Waals surface area contributed by atoms with E-state index in [1.165, 1.54) is 0 Å². The number of carbonyl (C=O) groups is 1. The third-order valence-corrected chi connectivity index (χ3v) is 6.73. The SMILES string of the molecule is C=Cc1cnc(Cl)c2cccc(N[C@H]3CC[C@H](N(Cc4ccccc4)C(=O)OC(C)(C)C)CC3)c12. The Balaban J connectivity index is 1.49. The highest BCUT2D eigenvalue weighted by molar-refractivity contribution is 6.35. The van der Waals surface area contributed by atoms with Crippen molar-refractivity contribution in [2.45, 2.75) is 70.7 Å². The maximum absolute atomic E-state index is 13.1. The van der Waals surface area contributed by atoms with Crippen molar-refractivity contribution in [2.75, 3.05) is 5.32 Å². The van der Waals surface area contributed by atoms with Crippen molar-refractivity contribution in [2.24, 2.45) is 0 Å². The molecule has 5 nitrogen and oxygen atoms in total. The number of halogens is 1. The van der Waals surface area contributed by atoms with Crippen molar-refractivity contribution in [1.29, 1.82) is 0 Å². The topological polar surface area (TPSA) is 54.5 Å². The van der Waals surface area contributed by atoms with Gasteiger partial charge in [0.05, 0.1) is 0 Å².